The Balaban J connectivity index is 1.34. The van der Waals surface area contributed by atoms with Crippen LogP contribution in [-0.4, -0.2) is 68.4 Å². The maximum Gasteiger partial charge on any atom is 0.204 e. The fraction of sp³-hybridized carbons (Fsp3) is 0.356. The first-order valence-electron chi connectivity index (χ1n) is 19.1. The molecule has 2 N–H and O–H groups in total. The van der Waals surface area contributed by atoms with Gasteiger partial charge in [0.15, 0.2) is 23.0 Å². The van der Waals surface area contributed by atoms with Crippen LogP contribution < -0.4 is 29.0 Å². The highest BCUT2D eigenvalue weighted by atomic mass is 16.5. The fourth-order valence-corrected chi connectivity index (χ4v) is 8.58. The number of fused-ring (bicyclic) bond motifs is 2. The molecule has 0 saturated carbocycles. The Labute approximate surface area is 323 Å². The summed E-state index contributed by atoms with van der Waals surface area (Å²) in [6.45, 7) is 2.81. The first kappa shape index (κ1) is 36.8. The second-order valence-electron chi connectivity index (χ2n) is 14.8. The quantitative estimate of drug-likeness (QED) is 0.168. The molecular formula is C45H50N4O6. The summed E-state index contributed by atoms with van der Waals surface area (Å²) in [7, 11) is 9.39. The summed E-state index contributed by atoms with van der Waals surface area (Å²) in [5.41, 5.74) is 9.84. The molecule has 9 rings (SSSR count). The molecule has 0 aliphatic carbocycles. The standard InChI is InChI=1S/C45H50N4O6/c1-48-17-14-31-22-32(27-50)40-23-35(31)37(48)19-28-8-11-33(12-9-28)54-41-21-29(10-13-39(41)51-3)20-38-42-34(15-18-49(38)2)36(26-47-25-30-7-6-16-46-24-30)43(52-4)45(53-5)44(42)55-40/h6-13,16,21-24,37-38,47,50H,14-15,17-20,25-27H2,1-5H3/t37-,38-/m0/s1. The lowest BCUT2D eigenvalue weighted by atomic mass is 9.84. The zero-order chi connectivity index (χ0) is 38.1. The number of nitrogens with zero attached hydrogens (tertiary/aromatic N) is 3. The van der Waals surface area contributed by atoms with Crippen LogP contribution in [0.1, 0.15) is 62.2 Å². The molecule has 10 nitrogen and oxygen atoms in total. The molecule has 0 amide bonds. The Morgan fingerprint density at radius 3 is 2.31 bits per heavy atom. The number of aromatic nitrogens is 1. The fourth-order valence-electron chi connectivity index (χ4n) is 8.58. The van der Waals surface area contributed by atoms with Crippen molar-refractivity contribution in [2.75, 3.05) is 48.5 Å². The van der Waals surface area contributed by atoms with Crippen LogP contribution in [-0.2, 0) is 45.4 Å². The first-order chi connectivity index (χ1) is 26.9. The molecule has 2 atom stereocenters. The maximum atomic E-state index is 10.8. The van der Waals surface area contributed by atoms with Crippen LogP contribution >= 0.6 is 0 Å². The van der Waals surface area contributed by atoms with Gasteiger partial charge >= 0.3 is 0 Å². The molecule has 0 radical (unpaired) electrons. The Morgan fingerprint density at radius 1 is 0.800 bits per heavy atom. The molecule has 1 aromatic heterocycles. The van der Waals surface area contributed by atoms with Crippen molar-refractivity contribution in [1.82, 2.24) is 20.1 Å². The third-order valence-corrected chi connectivity index (χ3v) is 11.5. The molecule has 4 aliphatic heterocycles. The van der Waals surface area contributed by atoms with E-state index in [9.17, 15) is 5.11 Å². The number of hydrogen-bond acceptors (Lipinski definition) is 10. The van der Waals surface area contributed by atoms with Crippen molar-refractivity contribution in [3.05, 3.63) is 129 Å². The van der Waals surface area contributed by atoms with E-state index in [0.29, 0.717) is 54.0 Å². The van der Waals surface area contributed by atoms with E-state index in [1.54, 1.807) is 27.5 Å². The molecular weight excluding hydrogens is 693 g/mol. The van der Waals surface area contributed by atoms with Gasteiger partial charge < -0.3 is 34.1 Å². The van der Waals surface area contributed by atoms with E-state index in [1.165, 1.54) is 22.3 Å². The minimum absolute atomic E-state index is 0.0934. The van der Waals surface area contributed by atoms with Crippen molar-refractivity contribution in [1.29, 1.82) is 0 Å². The average Bonchev–Trinajstić information content (AvgIpc) is 3.21. The summed E-state index contributed by atoms with van der Waals surface area (Å²) in [6, 6.07) is 22.9. The van der Waals surface area contributed by atoms with Gasteiger partial charge in [-0.3, -0.25) is 14.8 Å². The average molecular weight is 743 g/mol. The van der Waals surface area contributed by atoms with Crippen molar-refractivity contribution < 1.29 is 28.8 Å². The zero-order valence-corrected chi connectivity index (χ0v) is 32.4. The number of methoxy groups -OCH3 is 3. The van der Waals surface area contributed by atoms with Gasteiger partial charge in [-0.2, -0.15) is 0 Å². The first-order valence-corrected chi connectivity index (χ1v) is 19.1. The highest BCUT2D eigenvalue weighted by molar-refractivity contribution is 5.67. The SMILES string of the molecule is COc1ccc2cc1Oc1ccc(cc1)C[C@H]1c3cc(c(CO)cc3CCN1C)Oc1c(OC)c(OC)c(CNCc3cccnc3)c3c1[C@H](C2)N(C)CC3. The lowest BCUT2D eigenvalue weighted by Crippen LogP contribution is -2.35. The highest BCUT2D eigenvalue weighted by Gasteiger charge is 2.37. The number of aliphatic hydroxyl groups is 1. The lowest BCUT2D eigenvalue weighted by Gasteiger charge is -2.38. The van der Waals surface area contributed by atoms with Crippen molar-refractivity contribution >= 4 is 0 Å². The van der Waals surface area contributed by atoms with E-state index in [-0.39, 0.29) is 18.7 Å². The van der Waals surface area contributed by atoms with Gasteiger partial charge in [0, 0.05) is 67.3 Å². The van der Waals surface area contributed by atoms with E-state index in [0.717, 1.165) is 65.9 Å². The molecule has 4 aromatic carbocycles. The summed E-state index contributed by atoms with van der Waals surface area (Å²) in [5.74, 6) is 4.49. The van der Waals surface area contributed by atoms with Gasteiger partial charge in [0.2, 0.25) is 5.75 Å². The van der Waals surface area contributed by atoms with Crippen molar-refractivity contribution in [2.45, 2.75) is 57.5 Å². The predicted octanol–water partition coefficient (Wildman–Crippen LogP) is 7.33. The monoisotopic (exact) mass is 742 g/mol. The minimum atomic E-state index is -0.152. The largest absolute Gasteiger partial charge is 0.493 e. The van der Waals surface area contributed by atoms with Gasteiger partial charge in [0.05, 0.1) is 27.9 Å². The number of likely N-dealkylation sites (N-methyl/N-ethyl adjacent to an activating group) is 2. The maximum absolute atomic E-state index is 10.8. The van der Waals surface area contributed by atoms with Crippen LogP contribution in [0.3, 0.4) is 0 Å². The Hall–Kier alpha value is -5.13. The van der Waals surface area contributed by atoms with E-state index < -0.39 is 0 Å². The van der Waals surface area contributed by atoms with Crippen molar-refractivity contribution in [2.24, 2.45) is 0 Å². The van der Waals surface area contributed by atoms with Gasteiger partial charge in [-0.15, -0.1) is 0 Å². The Morgan fingerprint density at radius 2 is 1.56 bits per heavy atom. The van der Waals surface area contributed by atoms with Gasteiger partial charge in [-0.25, -0.2) is 0 Å². The molecule has 0 fully saturated rings. The zero-order valence-electron chi connectivity index (χ0n) is 32.4. The molecule has 0 spiro atoms. The molecule has 0 unspecified atom stereocenters. The van der Waals surface area contributed by atoms with Crippen LogP contribution in [0.25, 0.3) is 0 Å². The Bertz CT molecular complexity index is 2160. The van der Waals surface area contributed by atoms with E-state index in [2.05, 4.69) is 76.7 Å². The molecule has 286 valence electrons. The molecule has 5 aromatic rings. The molecule has 0 saturated heterocycles. The van der Waals surface area contributed by atoms with Crippen molar-refractivity contribution in [3.63, 3.8) is 0 Å². The van der Waals surface area contributed by atoms with Gasteiger partial charge in [-0.05, 0) is 116 Å². The summed E-state index contributed by atoms with van der Waals surface area (Å²) in [5, 5.41) is 14.5. The lowest BCUT2D eigenvalue weighted by molar-refractivity contribution is 0.219. The Kier molecular flexibility index (Phi) is 10.7. The van der Waals surface area contributed by atoms with Crippen LogP contribution in [0.5, 0.6) is 40.2 Å². The van der Waals surface area contributed by atoms with Crippen LogP contribution in [0.2, 0.25) is 0 Å². The molecule has 55 heavy (non-hydrogen) atoms. The second-order valence-corrected chi connectivity index (χ2v) is 14.8. The van der Waals surface area contributed by atoms with Gasteiger partial charge in [0.1, 0.15) is 11.5 Å². The summed E-state index contributed by atoms with van der Waals surface area (Å²) < 4.78 is 32.0. The number of aliphatic hydroxyl groups excluding tert-OH is 1. The number of nitrogens with one attached hydrogen (secondary N) is 1. The molecule has 4 aliphatic rings. The molecule has 5 heterocycles. The van der Waals surface area contributed by atoms with Crippen LogP contribution in [0.4, 0.5) is 0 Å². The minimum Gasteiger partial charge on any atom is -0.493 e. The topological polar surface area (TPSA) is 97.8 Å². The van der Waals surface area contributed by atoms with E-state index >= 15 is 0 Å². The van der Waals surface area contributed by atoms with Crippen molar-refractivity contribution in [3.8, 4) is 40.2 Å². The van der Waals surface area contributed by atoms with Crippen LogP contribution in [0.15, 0.2) is 79.1 Å². The van der Waals surface area contributed by atoms with E-state index in [1.807, 2.05) is 30.5 Å². The number of ether oxygens (including phenoxy) is 5. The van der Waals surface area contributed by atoms with E-state index in [4.69, 9.17) is 23.7 Å². The smallest absolute Gasteiger partial charge is 0.204 e. The highest BCUT2D eigenvalue weighted by Crippen LogP contribution is 2.53. The van der Waals surface area contributed by atoms with Crippen LogP contribution in [0, 0.1) is 0 Å². The predicted molar refractivity (Wildman–Crippen MR) is 212 cm³/mol. The third kappa shape index (κ3) is 7.23. The summed E-state index contributed by atoms with van der Waals surface area (Å²) in [6.07, 6.45) is 6.82. The summed E-state index contributed by atoms with van der Waals surface area (Å²) in [4.78, 5) is 9.10. The second kappa shape index (κ2) is 15.9. The number of benzene rings is 4. The number of hydrogen-bond donors (Lipinski definition) is 2. The number of rotatable bonds is 8. The van der Waals surface area contributed by atoms with Gasteiger partial charge in [0.25, 0.3) is 0 Å². The third-order valence-electron chi connectivity index (χ3n) is 11.5. The number of pyridine rings is 1. The van der Waals surface area contributed by atoms with Gasteiger partial charge in [-0.1, -0.05) is 24.3 Å². The normalized spacial score (nSPS) is 18.0. The summed E-state index contributed by atoms with van der Waals surface area (Å²) >= 11 is 0. The molecule has 10 heteroatoms. The molecule has 6 bridgehead atoms.